The summed E-state index contributed by atoms with van der Waals surface area (Å²) in [7, 11) is -4.49. The molecule has 13 nitrogen and oxygen atoms in total. The number of fused-ring (bicyclic) bond motifs is 1. The molecular weight excluding hydrogens is 577 g/mol. The van der Waals surface area contributed by atoms with E-state index >= 15 is 4.39 Å². The standard InChI is InChI=1S/C23H28ClF2N6O7P/c1-12(2)37-21(34)13(3)31-40(35,39-14-7-5-4-6-8-14)36-10-23(9-25)17(33)15(26)20(38-23)32-11-28-16-18(24)29-22(27)30-19(16)32/h4-8,11-13,15,17,20,33H,9-10H2,1-3H3,(H,31,35)(H2,27,29,30)/t13-,15+,17+,20?,23-,40?/m1/s1. The highest BCUT2D eigenvalue weighted by Crippen LogP contribution is 2.48. The van der Waals surface area contributed by atoms with Crippen LogP contribution in [0.1, 0.15) is 27.0 Å². The number of nitrogens with zero attached hydrogens (tertiary/aromatic N) is 4. The molecule has 3 heterocycles. The second-order valence-corrected chi connectivity index (χ2v) is 11.4. The number of aliphatic hydroxyl groups is 1. The predicted molar refractivity (Wildman–Crippen MR) is 139 cm³/mol. The number of aromatic nitrogens is 4. The van der Waals surface area contributed by atoms with Gasteiger partial charge in [-0.15, -0.1) is 0 Å². The average molecular weight is 605 g/mol. The number of anilines is 1. The van der Waals surface area contributed by atoms with Crippen LogP contribution in [0, 0.1) is 0 Å². The smallest absolute Gasteiger partial charge is 0.459 e. The summed E-state index contributed by atoms with van der Waals surface area (Å²) in [5.74, 6) is -0.905. The number of esters is 1. The van der Waals surface area contributed by atoms with Crippen LogP contribution < -0.4 is 15.3 Å². The molecule has 1 aliphatic heterocycles. The first kappa shape index (κ1) is 30.0. The minimum Gasteiger partial charge on any atom is -0.462 e. The Morgan fingerprint density at radius 1 is 1.32 bits per heavy atom. The molecule has 0 aliphatic carbocycles. The van der Waals surface area contributed by atoms with Gasteiger partial charge in [0.1, 0.15) is 30.1 Å². The molecule has 0 saturated carbocycles. The predicted octanol–water partition coefficient (Wildman–Crippen LogP) is 3.13. The molecule has 4 N–H and O–H groups in total. The summed E-state index contributed by atoms with van der Waals surface area (Å²) < 4.78 is 66.6. The Morgan fingerprint density at radius 3 is 2.67 bits per heavy atom. The molecule has 218 valence electrons. The summed E-state index contributed by atoms with van der Waals surface area (Å²) >= 11 is 6.03. The molecule has 0 amide bonds. The molecule has 1 aliphatic rings. The van der Waals surface area contributed by atoms with Crippen molar-refractivity contribution in [2.45, 2.75) is 57.0 Å². The monoisotopic (exact) mass is 604 g/mol. The highest BCUT2D eigenvalue weighted by Gasteiger charge is 2.58. The van der Waals surface area contributed by atoms with Gasteiger partial charge in [-0.05, 0) is 32.9 Å². The molecule has 1 aromatic carbocycles. The summed E-state index contributed by atoms with van der Waals surface area (Å²) in [6.45, 7) is 2.22. The van der Waals surface area contributed by atoms with Crippen molar-refractivity contribution >= 4 is 42.4 Å². The van der Waals surface area contributed by atoms with Crippen molar-refractivity contribution in [3.63, 3.8) is 0 Å². The Balaban J connectivity index is 1.60. The van der Waals surface area contributed by atoms with E-state index in [0.29, 0.717) is 0 Å². The Hall–Kier alpha value is -2.94. The summed E-state index contributed by atoms with van der Waals surface area (Å²) in [6, 6.07) is 6.62. The van der Waals surface area contributed by atoms with Gasteiger partial charge in [-0.2, -0.15) is 15.1 Å². The Kier molecular flexibility index (Phi) is 8.93. The number of benzene rings is 1. The van der Waals surface area contributed by atoms with Gasteiger partial charge in [0.25, 0.3) is 0 Å². The van der Waals surface area contributed by atoms with Crippen molar-refractivity contribution in [2.24, 2.45) is 0 Å². The van der Waals surface area contributed by atoms with Crippen molar-refractivity contribution in [2.75, 3.05) is 19.0 Å². The average Bonchev–Trinajstić information content (AvgIpc) is 3.42. The summed E-state index contributed by atoms with van der Waals surface area (Å²) in [5, 5.41) is 13.1. The molecule has 0 radical (unpaired) electrons. The molecule has 2 aromatic heterocycles. The van der Waals surface area contributed by atoms with E-state index in [-0.39, 0.29) is 28.0 Å². The summed E-state index contributed by atoms with van der Waals surface area (Å²) in [4.78, 5) is 24.1. The maximum Gasteiger partial charge on any atom is 0.459 e. The number of ether oxygens (including phenoxy) is 2. The molecule has 17 heteroatoms. The molecule has 40 heavy (non-hydrogen) atoms. The van der Waals surface area contributed by atoms with Crippen LogP contribution in [0.4, 0.5) is 14.7 Å². The third-order valence-corrected chi connectivity index (χ3v) is 7.76. The molecular formula is C23H28ClF2N6O7P. The molecule has 2 unspecified atom stereocenters. The van der Waals surface area contributed by atoms with E-state index in [2.05, 4.69) is 20.0 Å². The van der Waals surface area contributed by atoms with Crippen LogP contribution in [0.25, 0.3) is 11.2 Å². The highest BCUT2D eigenvalue weighted by atomic mass is 35.5. The van der Waals surface area contributed by atoms with E-state index in [1.807, 2.05) is 0 Å². The van der Waals surface area contributed by atoms with E-state index in [1.165, 1.54) is 19.1 Å². The lowest BCUT2D eigenvalue weighted by molar-refractivity contribution is -0.149. The molecule has 4 rings (SSSR count). The lowest BCUT2D eigenvalue weighted by Gasteiger charge is -2.31. The third kappa shape index (κ3) is 6.19. The quantitative estimate of drug-likeness (QED) is 0.166. The van der Waals surface area contributed by atoms with Gasteiger partial charge >= 0.3 is 13.7 Å². The van der Waals surface area contributed by atoms with Gasteiger partial charge in [0.05, 0.1) is 19.0 Å². The Morgan fingerprint density at radius 2 is 2.02 bits per heavy atom. The van der Waals surface area contributed by atoms with Gasteiger partial charge in [-0.3, -0.25) is 13.9 Å². The maximum absolute atomic E-state index is 15.4. The minimum absolute atomic E-state index is 0.0230. The number of aliphatic hydroxyl groups excluding tert-OH is 1. The number of hydrogen-bond donors (Lipinski definition) is 3. The molecule has 1 fully saturated rings. The van der Waals surface area contributed by atoms with Gasteiger partial charge in [0.15, 0.2) is 28.8 Å². The van der Waals surface area contributed by atoms with Crippen molar-refractivity contribution in [1.29, 1.82) is 0 Å². The number of alkyl halides is 2. The van der Waals surface area contributed by atoms with Crippen LogP contribution in [0.2, 0.25) is 5.15 Å². The zero-order valence-corrected chi connectivity index (χ0v) is 23.3. The number of nitrogen functional groups attached to an aromatic ring is 1. The zero-order valence-electron chi connectivity index (χ0n) is 21.6. The van der Waals surface area contributed by atoms with Crippen molar-refractivity contribution in [3.8, 4) is 5.75 Å². The van der Waals surface area contributed by atoms with Crippen molar-refractivity contribution in [3.05, 3.63) is 41.8 Å². The van der Waals surface area contributed by atoms with Gasteiger partial charge in [-0.1, -0.05) is 29.8 Å². The number of hydrogen-bond acceptors (Lipinski definition) is 11. The fourth-order valence-electron chi connectivity index (χ4n) is 3.91. The normalized spacial score (nSPS) is 25.1. The van der Waals surface area contributed by atoms with Gasteiger partial charge in [-0.25, -0.2) is 18.3 Å². The Bertz CT molecular complexity index is 1400. The maximum atomic E-state index is 15.4. The topological polar surface area (TPSA) is 173 Å². The SMILES string of the molecule is CC(C)OC(=O)[C@@H](C)NP(=O)(OC[C@@]1(CF)OC(n2cnc3c(Cl)nc(N)nc32)[C@@H](F)[C@@H]1O)Oc1ccccc1. The van der Waals surface area contributed by atoms with Gasteiger partial charge in [0.2, 0.25) is 5.95 Å². The number of carbonyl (C=O) groups excluding carboxylic acids is 1. The number of rotatable bonds is 11. The first-order chi connectivity index (χ1) is 18.9. The minimum atomic E-state index is -4.49. The number of nitrogens with one attached hydrogen (secondary N) is 1. The molecule has 3 aromatic rings. The van der Waals surface area contributed by atoms with E-state index < -0.39 is 63.2 Å². The lowest BCUT2D eigenvalue weighted by atomic mass is 9.98. The lowest BCUT2D eigenvalue weighted by Crippen LogP contribution is -2.48. The number of imidazole rings is 1. The van der Waals surface area contributed by atoms with Crippen molar-refractivity contribution in [1.82, 2.24) is 24.6 Å². The largest absolute Gasteiger partial charge is 0.462 e. The van der Waals surface area contributed by atoms with Crippen LogP contribution >= 0.6 is 19.3 Å². The zero-order chi connectivity index (χ0) is 29.2. The number of para-hydroxylation sites is 1. The second-order valence-electron chi connectivity index (χ2n) is 9.30. The van der Waals surface area contributed by atoms with Gasteiger partial charge < -0.3 is 24.8 Å². The van der Waals surface area contributed by atoms with E-state index in [4.69, 9.17) is 35.9 Å². The van der Waals surface area contributed by atoms with Crippen LogP contribution in [0.5, 0.6) is 5.75 Å². The highest BCUT2D eigenvalue weighted by molar-refractivity contribution is 7.52. The number of carbonyl (C=O) groups is 1. The van der Waals surface area contributed by atoms with Gasteiger partial charge in [0, 0.05) is 0 Å². The van der Waals surface area contributed by atoms with E-state index in [0.717, 1.165) is 10.9 Å². The molecule has 1 saturated heterocycles. The number of nitrogens with two attached hydrogens (primary N) is 1. The summed E-state index contributed by atoms with van der Waals surface area (Å²) in [5.41, 5.74) is 3.35. The fraction of sp³-hybridized carbons (Fsp3) is 0.478. The van der Waals surface area contributed by atoms with E-state index in [9.17, 15) is 18.9 Å². The molecule has 6 atom stereocenters. The third-order valence-electron chi connectivity index (χ3n) is 5.87. The molecule has 0 spiro atoms. The van der Waals surface area contributed by atoms with E-state index in [1.54, 1.807) is 32.0 Å². The fourth-order valence-corrected chi connectivity index (χ4v) is 5.68. The second kappa shape index (κ2) is 11.9. The number of halogens is 3. The van der Waals surface area contributed by atoms with Crippen LogP contribution in [0.15, 0.2) is 36.7 Å². The van der Waals surface area contributed by atoms with Crippen molar-refractivity contribution < 1.29 is 41.8 Å². The van der Waals surface area contributed by atoms with Crippen LogP contribution in [-0.4, -0.2) is 73.9 Å². The molecule has 0 bridgehead atoms. The van der Waals surface area contributed by atoms with Crippen LogP contribution in [0.3, 0.4) is 0 Å². The van der Waals surface area contributed by atoms with Crippen LogP contribution in [-0.2, 0) is 23.4 Å². The first-order valence-corrected chi connectivity index (χ1v) is 14.0. The first-order valence-electron chi connectivity index (χ1n) is 12.1. The summed E-state index contributed by atoms with van der Waals surface area (Å²) in [6.07, 6.45) is -5.29. The Labute approximate surface area is 232 Å².